The van der Waals surface area contributed by atoms with Crippen LogP contribution in [0.1, 0.15) is 24.5 Å². The van der Waals surface area contributed by atoms with Gasteiger partial charge in [-0.1, -0.05) is 30.6 Å². The monoisotopic (exact) mass is 406 g/mol. The third kappa shape index (κ3) is 5.68. The quantitative estimate of drug-likeness (QED) is 0.238. The Morgan fingerprint density at radius 3 is 2.30 bits per heavy atom. The van der Waals surface area contributed by atoms with Crippen LogP contribution in [0.5, 0.6) is 5.75 Å². The van der Waals surface area contributed by atoms with Gasteiger partial charge in [-0.15, -0.1) is 0 Å². The van der Waals surface area contributed by atoms with Crippen molar-refractivity contribution >= 4 is 16.7 Å². The number of esters is 1. The van der Waals surface area contributed by atoms with E-state index in [1.54, 1.807) is 6.92 Å². The van der Waals surface area contributed by atoms with E-state index in [0.29, 0.717) is 29.9 Å². The zero-order chi connectivity index (χ0) is 21.5. The van der Waals surface area contributed by atoms with Crippen LogP contribution in [0.25, 0.3) is 10.8 Å². The third-order valence-electron chi connectivity index (χ3n) is 4.22. The van der Waals surface area contributed by atoms with E-state index in [2.05, 4.69) is 18.4 Å². The number of fused-ring (bicyclic) bond motifs is 1. The van der Waals surface area contributed by atoms with Gasteiger partial charge in [0, 0.05) is 23.1 Å². The van der Waals surface area contributed by atoms with Gasteiger partial charge < -0.3 is 9.47 Å². The molecular weight excluding hydrogens is 386 g/mol. The molecule has 0 radical (unpaired) electrons. The van der Waals surface area contributed by atoms with E-state index in [0.717, 1.165) is 28.5 Å². The van der Waals surface area contributed by atoms with Crippen LogP contribution in [0.15, 0.2) is 66.7 Å². The van der Waals surface area contributed by atoms with Crippen molar-refractivity contribution in [3.63, 3.8) is 0 Å². The van der Waals surface area contributed by atoms with Crippen molar-refractivity contribution in [3.8, 4) is 17.6 Å². The topological polar surface area (TPSA) is 35.5 Å². The van der Waals surface area contributed by atoms with E-state index < -0.39 is 17.6 Å². The number of rotatable bonds is 6. The zero-order valence-corrected chi connectivity index (χ0v) is 16.5. The van der Waals surface area contributed by atoms with Gasteiger partial charge in [-0.05, 0) is 60.2 Å². The SMILES string of the molecule is C=C(C)C(=O)OCCCOc1ccc2cc(C#Cc3ccc(F)c(F)c3)ccc2c1. The lowest BCUT2D eigenvalue weighted by atomic mass is 10.1. The standard InChI is InChI=1S/C25H20F2O3/c1-17(2)25(28)30-13-3-12-29-22-10-9-20-14-18(6-8-21(20)16-22)4-5-19-7-11-23(26)24(27)15-19/h6-11,14-16H,1,3,12-13H2,2H3. The van der Waals surface area contributed by atoms with Gasteiger partial charge in [0.2, 0.25) is 0 Å². The molecule has 0 aliphatic heterocycles. The van der Waals surface area contributed by atoms with Gasteiger partial charge in [0.1, 0.15) is 5.75 Å². The van der Waals surface area contributed by atoms with Gasteiger partial charge in [-0.3, -0.25) is 0 Å². The number of ether oxygens (including phenoxy) is 2. The molecule has 3 rings (SSSR count). The van der Waals surface area contributed by atoms with E-state index in [4.69, 9.17) is 9.47 Å². The molecule has 0 spiro atoms. The summed E-state index contributed by atoms with van der Waals surface area (Å²) in [6.45, 7) is 5.83. The normalized spacial score (nSPS) is 10.2. The minimum Gasteiger partial charge on any atom is -0.493 e. The first-order valence-corrected chi connectivity index (χ1v) is 9.39. The lowest BCUT2D eigenvalue weighted by Gasteiger charge is -2.08. The highest BCUT2D eigenvalue weighted by Crippen LogP contribution is 2.22. The number of hydrogen-bond donors (Lipinski definition) is 0. The number of halogens is 2. The summed E-state index contributed by atoms with van der Waals surface area (Å²) in [6.07, 6.45) is 0.579. The molecule has 0 unspecified atom stereocenters. The van der Waals surface area contributed by atoms with Crippen LogP contribution in [-0.4, -0.2) is 19.2 Å². The van der Waals surface area contributed by atoms with Crippen LogP contribution < -0.4 is 4.74 Å². The maximum atomic E-state index is 13.3. The molecule has 0 atom stereocenters. The van der Waals surface area contributed by atoms with E-state index >= 15 is 0 Å². The van der Waals surface area contributed by atoms with E-state index in [1.165, 1.54) is 6.07 Å². The molecule has 0 heterocycles. The van der Waals surface area contributed by atoms with Gasteiger partial charge >= 0.3 is 5.97 Å². The Bertz CT molecular complexity index is 1160. The summed E-state index contributed by atoms with van der Waals surface area (Å²) in [5.41, 5.74) is 1.55. The second kappa shape index (κ2) is 9.71. The summed E-state index contributed by atoms with van der Waals surface area (Å²) in [5.74, 6) is 4.31. The third-order valence-corrected chi connectivity index (χ3v) is 4.22. The molecule has 0 aliphatic carbocycles. The number of benzene rings is 3. The molecule has 3 aromatic rings. The highest BCUT2D eigenvalue weighted by molar-refractivity contribution is 5.87. The lowest BCUT2D eigenvalue weighted by Crippen LogP contribution is -2.09. The predicted octanol–water partition coefficient (Wildman–Crippen LogP) is 5.41. The fourth-order valence-electron chi connectivity index (χ4n) is 2.65. The average Bonchev–Trinajstić information content (AvgIpc) is 2.74. The van der Waals surface area contributed by atoms with Crippen molar-refractivity contribution in [2.45, 2.75) is 13.3 Å². The molecule has 0 aromatic heterocycles. The predicted molar refractivity (Wildman–Crippen MR) is 112 cm³/mol. The summed E-state index contributed by atoms with van der Waals surface area (Å²) in [5, 5.41) is 1.97. The molecule has 0 bridgehead atoms. The summed E-state index contributed by atoms with van der Waals surface area (Å²) >= 11 is 0. The minimum absolute atomic E-state index is 0.277. The molecule has 0 saturated carbocycles. The maximum absolute atomic E-state index is 13.3. The number of carbonyl (C=O) groups is 1. The summed E-state index contributed by atoms with van der Waals surface area (Å²) < 4.78 is 37.0. The molecule has 0 saturated heterocycles. The largest absolute Gasteiger partial charge is 0.493 e. The van der Waals surface area contributed by atoms with Crippen LogP contribution in [-0.2, 0) is 9.53 Å². The van der Waals surface area contributed by atoms with Crippen LogP contribution in [0.2, 0.25) is 0 Å². The lowest BCUT2D eigenvalue weighted by molar-refractivity contribution is -0.139. The first kappa shape index (κ1) is 21.1. The van der Waals surface area contributed by atoms with Gasteiger partial charge in [0.15, 0.2) is 11.6 Å². The highest BCUT2D eigenvalue weighted by atomic mass is 19.2. The Morgan fingerprint density at radius 2 is 1.57 bits per heavy atom. The van der Waals surface area contributed by atoms with Gasteiger partial charge in [0.05, 0.1) is 13.2 Å². The summed E-state index contributed by atoms with van der Waals surface area (Å²) in [7, 11) is 0. The fourth-order valence-corrected chi connectivity index (χ4v) is 2.65. The Balaban J connectivity index is 1.60. The minimum atomic E-state index is -0.915. The van der Waals surface area contributed by atoms with Crippen LogP contribution >= 0.6 is 0 Å². The molecule has 3 aromatic carbocycles. The molecule has 30 heavy (non-hydrogen) atoms. The van der Waals surface area contributed by atoms with Gasteiger partial charge in [0.25, 0.3) is 0 Å². The Hall–Kier alpha value is -3.65. The molecule has 152 valence electrons. The second-order valence-corrected chi connectivity index (χ2v) is 6.72. The molecule has 0 N–H and O–H groups in total. The molecule has 0 fully saturated rings. The van der Waals surface area contributed by atoms with Crippen LogP contribution in [0, 0.1) is 23.5 Å². The fraction of sp³-hybridized carbons (Fsp3) is 0.160. The van der Waals surface area contributed by atoms with Crippen molar-refractivity contribution < 1.29 is 23.0 Å². The molecular formula is C25H20F2O3. The van der Waals surface area contributed by atoms with E-state index in [9.17, 15) is 13.6 Å². The molecule has 0 amide bonds. The summed E-state index contributed by atoms with van der Waals surface area (Å²) in [4.78, 5) is 11.3. The zero-order valence-electron chi connectivity index (χ0n) is 16.5. The van der Waals surface area contributed by atoms with E-state index in [-0.39, 0.29) is 6.61 Å². The van der Waals surface area contributed by atoms with Crippen molar-refractivity contribution in [1.82, 2.24) is 0 Å². The van der Waals surface area contributed by atoms with E-state index in [1.807, 2.05) is 36.4 Å². The van der Waals surface area contributed by atoms with Crippen molar-refractivity contribution in [1.29, 1.82) is 0 Å². The van der Waals surface area contributed by atoms with Crippen LogP contribution in [0.3, 0.4) is 0 Å². The molecule has 0 aliphatic rings. The first-order chi connectivity index (χ1) is 14.4. The molecule has 5 heteroatoms. The van der Waals surface area contributed by atoms with Crippen molar-refractivity contribution in [2.75, 3.05) is 13.2 Å². The smallest absolute Gasteiger partial charge is 0.333 e. The number of hydrogen-bond acceptors (Lipinski definition) is 3. The first-order valence-electron chi connectivity index (χ1n) is 9.39. The van der Waals surface area contributed by atoms with Crippen LogP contribution in [0.4, 0.5) is 8.78 Å². The Morgan fingerprint density at radius 1 is 0.900 bits per heavy atom. The van der Waals surface area contributed by atoms with Crippen molar-refractivity contribution in [2.24, 2.45) is 0 Å². The Kier molecular flexibility index (Phi) is 6.82. The molecule has 3 nitrogen and oxygen atoms in total. The Labute approximate surface area is 173 Å². The summed E-state index contributed by atoms with van der Waals surface area (Å²) in [6, 6.07) is 15.0. The maximum Gasteiger partial charge on any atom is 0.333 e. The number of carbonyl (C=O) groups excluding carboxylic acids is 1. The second-order valence-electron chi connectivity index (χ2n) is 6.72. The highest BCUT2D eigenvalue weighted by Gasteiger charge is 2.03. The van der Waals surface area contributed by atoms with Gasteiger partial charge in [-0.25, -0.2) is 13.6 Å². The van der Waals surface area contributed by atoms with Crippen molar-refractivity contribution in [3.05, 3.63) is 89.5 Å². The van der Waals surface area contributed by atoms with Gasteiger partial charge in [-0.2, -0.15) is 0 Å². The average molecular weight is 406 g/mol.